The van der Waals surface area contributed by atoms with Gasteiger partial charge in [0.2, 0.25) is 5.91 Å². The molecule has 6 heteroatoms. The molecule has 0 aliphatic carbocycles. The predicted molar refractivity (Wildman–Crippen MR) is 81.0 cm³/mol. The van der Waals surface area contributed by atoms with Gasteiger partial charge in [-0.1, -0.05) is 35.3 Å². The van der Waals surface area contributed by atoms with E-state index in [1.54, 1.807) is 24.4 Å². The van der Waals surface area contributed by atoms with E-state index in [-0.39, 0.29) is 12.5 Å². The Morgan fingerprint density at radius 2 is 1.85 bits per heavy atom. The molecule has 0 saturated carbocycles. The summed E-state index contributed by atoms with van der Waals surface area (Å²) in [6.45, 7) is 0.480. The SMILES string of the molecule is O=C(CNc1c(Cl)cccc1Cl)NCc1ccccn1. The molecule has 0 aliphatic heterocycles. The highest BCUT2D eigenvalue weighted by atomic mass is 35.5. The van der Waals surface area contributed by atoms with Crippen LogP contribution in [0.3, 0.4) is 0 Å². The molecule has 0 fully saturated rings. The van der Waals surface area contributed by atoms with Gasteiger partial charge < -0.3 is 10.6 Å². The van der Waals surface area contributed by atoms with E-state index >= 15 is 0 Å². The summed E-state index contributed by atoms with van der Waals surface area (Å²) in [6.07, 6.45) is 1.68. The van der Waals surface area contributed by atoms with Crippen LogP contribution in [-0.4, -0.2) is 17.4 Å². The van der Waals surface area contributed by atoms with Crippen molar-refractivity contribution in [2.45, 2.75) is 6.54 Å². The number of anilines is 1. The fraction of sp³-hybridized carbons (Fsp3) is 0.143. The number of carbonyl (C=O) groups is 1. The summed E-state index contributed by atoms with van der Waals surface area (Å²) in [7, 11) is 0. The van der Waals surface area contributed by atoms with E-state index in [9.17, 15) is 4.79 Å². The Kier molecular flexibility index (Phi) is 5.21. The molecule has 1 aromatic heterocycles. The van der Waals surface area contributed by atoms with Crippen LogP contribution in [0.5, 0.6) is 0 Å². The van der Waals surface area contributed by atoms with Crippen molar-refractivity contribution in [1.29, 1.82) is 0 Å². The third-order valence-electron chi connectivity index (χ3n) is 2.58. The highest BCUT2D eigenvalue weighted by Gasteiger charge is 2.07. The molecule has 0 bridgehead atoms. The molecular weight excluding hydrogens is 297 g/mol. The van der Waals surface area contributed by atoms with Gasteiger partial charge in [-0.3, -0.25) is 9.78 Å². The number of halogens is 2. The largest absolute Gasteiger partial charge is 0.374 e. The van der Waals surface area contributed by atoms with Gasteiger partial charge in [-0.2, -0.15) is 0 Å². The quantitative estimate of drug-likeness (QED) is 0.892. The van der Waals surface area contributed by atoms with Gasteiger partial charge in [0, 0.05) is 6.20 Å². The summed E-state index contributed by atoms with van der Waals surface area (Å²) in [6, 6.07) is 10.7. The van der Waals surface area contributed by atoms with Crippen LogP contribution < -0.4 is 10.6 Å². The number of amides is 1. The van der Waals surface area contributed by atoms with E-state index in [0.29, 0.717) is 22.3 Å². The Bertz CT molecular complexity index is 570. The minimum absolute atomic E-state index is 0.0935. The number of benzene rings is 1. The first-order chi connectivity index (χ1) is 9.66. The zero-order chi connectivity index (χ0) is 14.4. The first-order valence-electron chi connectivity index (χ1n) is 6.01. The van der Waals surface area contributed by atoms with Gasteiger partial charge in [-0.25, -0.2) is 0 Å². The third-order valence-corrected chi connectivity index (χ3v) is 3.21. The highest BCUT2D eigenvalue weighted by Crippen LogP contribution is 2.29. The number of aromatic nitrogens is 1. The van der Waals surface area contributed by atoms with Gasteiger partial charge in [-0.15, -0.1) is 0 Å². The monoisotopic (exact) mass is 309 g/mol. The van der Waals surface area contributed by atoms with Gasteiger partial charge in [-0.05, 0) is 24.3 Å². The maximum Gasteiger partial charge on any atom is 0.239 e. The molecule has 1 amide bonds. The molecule has 2 aromatic rings. The van der Waals surface area contributed by atoms with Crippen molar-refractivity contribution in [2.75, 3.05) is 11.9 Å². The molecule has 0 radical (unpaired) electrons. The molecular formula is C14H13Cl2N3O. The molecule has 2 N–H and O–H groups in total. The van der Waals surface area contributed by atoms with E-state index in [1.807, 2.05) is 18.2 Å². The normalized spacial score (nSPS) is 10.1. The van der Waals surface area contributed by atoms with E-state index < -0.39 is 0 Å². The summed E-state index contributed by atoms with van der Waals surface area (Å²) in [5.41, 5.74) is 1.36. The van der Waals surface area contributed by atoms with Gasteiger partial charge in [0.1, 0.15) is 0 Å². The van der Waals surface area contributed by atoms with Crippen molar-refractivity contribution in [3.05, 3.63) is 58.3 Å². The smallest absolute Gasteiger partial charge is 0.239 e. The molecule has 104 valence electrons. The van der Waals surface area contributed by atoms with Gasteiger partial charge in [0.05, 0.1) is 34.5 Å². The number of pyridine rings is 1. The molecule has 0 aliphatic rings. The summed E-state index contributed by atoms with van der Waals surface area (Å²) in [5, 5.41) is 6.64. The minimum atomic E-state index is -0.161. The molecule has 20 heavy (non-hydrogen) atoms. The minimum Gasteiger partial charge on any atom is -0.374 e. The second-order valence-electron chi connectivity index (χ2n) is 4.05. The topological polar surface area (TPSA) is 54.0 Å². The Labute approximate surface area is 127 Å². The van der Waals surface area contributed by atoms with Crippen LogP contribution >= 0.6 is 23.2 Å². The summed E-state index contributed by atoms with van der Waals surface area (Å²) >= 11 is 12.0. The summed E-state index contributed by atoms with van der Waals surface area (Å²) < 4.78 is 0. The van der Waals surface area contributed by atoms with Crippen LogP contribution in [0.4, 0.5) is 5.69 Å². The fourth-order valence-electron chi connectivity index (χ4n) is 1.59. The zero-order valence-corrected chi connectivity index (χ0v) is 12.1. The Balaban J connectivity index is 1.84. The van der Waals surface area contributed by atoms with Gasteiger partial charge in [0.25, 0.3) is 0 Å². The van der Waals surface area contributed by atoms with Crippen LogP contribution in [0.15, 0.2) is 42.6 Å². The predicted octanol–water partition coefficient (Wildman–Crippen LogP) is 3.12. The lowest BCUT2D eigenvalue weighted by Gasteiger charge is -2.10. The Morgan fingerprint density at radius 1 is 1.10 bits per heavy atom. The van der Waals surface area contributed by atoms with Crippen molar-refractivity contribution < 1.29 is 4.79 Å². The second-order valence-corrected chi connectivity index (χ2v) is 4.86. The Hall–Kier alpha value is -1.78. The number of hydrogen-bond acceptors (Lipinski definition) is 3. The lowest BCUT2D eigenvalue weighted by atomic mass is 10.3. The third kappa shape index (κ3) is 4.11. The van der Waals surface area contributed by atoms with Crippen molar-refractivity contribution in [1.82, 2.24) is 10.3 Å². The van der Waals surface area contributed by atoms with Crippen molar-refractivity contribution >= 4 is 34.8 Å². The molecule has 0 unspecified atom stereocenters. The molecule has 4 nitrogen and oxygen atoms in total. The first kappa shape index (κ1) is 14.6. The van der Waals surface area contributed by atoms with Crippen molar-refractivity contribution in [3.8, 4) is 0 Å². The molecule has 0 atom stereocenters. The Morgan fingerprint density at radius 3 is 2.50 bits per heavy atom. The molecule has 2 rings (SSSR count). The number of hydrogen-bond donors (Lipinski definition) is 2. The number of para-hydroxylation sites is 1. The highest BCUT2D eigenvalue weighted by molar-refractivity contribution is 6.39. The molecule has 1 aromatic carbocycles. The van der Waals surface area contributed by atoms with Crippen LogP contribution in [-0.2, 0) is 11.3 Å². The van der Waals surface area contributed by atoms with E-state index in [0.717, 1.165) is 5.69 Å². The first-order valence-corrected chi connectivity index (χ1v) is 6.77. The van der Waals surface area contributed by atoms with E-state index in [4.69, 9.17) is 23.2 Å². The number of nitrogens with zero attached hydrogens (tertiary/aromatic N) is 1. The lowest BCUT2D eigenvalue weighted by Crippen LogP contribution is -2.29. The lowest BCUT2D eigenvalue weighted by molar-refractivity contribution is -0.119. The number of nitrogens with one attached hydrogen (secondary N) is 2. The fourth-order valence-corrected chi connectivity index (χ4v) is 2.12. The number of rotatable bonds is 5. The summed E-state index contributed by atoms with van der Waals surface area (Å²) in [5.74, 6) is -0.161. The maximum absolute atomic E-state index is 11.7. The van der Waals surface area contributed by atoms with E-state index in [2.05, 4.69) is 15.6 Å². The molecule has 1 heterocycles. The van der Waals surface area contributed by atoms with Gasteiger partial charge in [0.15, 0.2) is 0 Å². The van der Waals surface area contributed by atoms with Crippen LogP contribution in [0.25, 0.3) is 0 Å². The van der Waals surface area contributed by atoms with Crippen molar-refractivity contribution in [3.63, 3.8) is 0 Å². The average molecular weight is 310 g/mol. The standard InChI is InChI=1S/C14H13Cl2N3O/c15-11-5-3-6-12(16)14(11)19-9-13(20)18-8-10-4-1-2-7-17-10/h1-7,19H,8-9H2,(H,18,20). The summed E-state index contributed by atoms with van der Waals surface area (Å²) in [4.78, 5) is 15.8. The van der Waals surface area contributed by atoms with Gasteiger partial charge >= 0.3 is 0 Å². The maximum atomic E-state index is 11.7. The van der Waals surface area contributed by atoms with Crippen molar-refractivity contribution in [2.24, 2.45) is 0 Å². The van der Waals surface area contributed by atoms with Crippen LogP contribution in [0.2, 0.25) is 10.0 Å². The average Bonchev–Trinajstić information content (AvgIpc) is 2.46. The zero-order valence-electron chi connectivity index (χ0n) is 10.6. The number of carbonyl (C=O) groups excluding carboxylic acids is 1. The van der Waals surface area contributed by atoms with E-state index in [1.165, 1.54) is 0 Å². The second kappa shape index (κ2) is 7.12. The van der Waals surface area contributed by atoms with Crippen LogP contribution in [0, 0.1) is 0 Å². The van der Waals surface area contributed by atoms with Crippen LogP contribution in [0.1, 0.15) is 5.69 Å². The molecule has 0 saturated heterocycles. The molecule has 0 spiro atoms.